The molecule has 4 heteroatoms. The predicted molar refractivity (Wildman–Crippen MR) is 68.3 cm³/mol. The summed E-state index contributed by atoms with van der Waals surface area (Å²) in [7, 11) is 0. The average Bonchev–Trinajstić information content (AvgIpc) is 2.67. The minimum absolute atomic E-state index is 0.0452. The molecule has 1 aliphatic heterocycles. The molecule has 2 N–H and O–H groups in total. The van der Waals surface area contributed by atoms with Crippen LogP contribution in [-0.2, 0) is 0 Å². The highest BCUT2D eigenvalue weighted by Gasteiger charge is 2.27. The zero-order valence-corrected chi connectivity index (χ0v) is 10.8. The Bertz CT molecular complexity index is 419. The summed E-state index contributed by atoms with van der Waals surface area (Å²) in [5.74, 6) is 0.0452. The Kier molecular flexibility index (Phi) is 3.19. The van der Waals surface area contributed by atoms with Crippen molar-refractivity contribution < 1.29 is 4.79 Å². The highest BCUT2D eigenvalue weighted by atomic mass is 79.9. The largest absolute Gasteiger partial charge is 0.398 e. The molecule has 0 spiro atoms. The van der Waals surface area contributed by atoms with Crippen molar-refractivity contribution in [2.45, 2.75) is 25.8 Å². The number of anilines is 1. The van der Waals surface area contributed by atoms with Crippen molar-refractivity contribution in [3.8, 4) is 0 Å². The van der Waals surface area contributed by atoms with E-state index >= 15 is 0 Å². The van der Waals surface area contributed by atoms with Gasteiger partial charge >= 0.3 is 0 Å². The zero-order chi connectivity index (χ0) is 11.7. The number of hydrogen-bond acceptors (Lipinski definition) is 2. The van der Waals surface area contributed by atoms with Gasteiger partial charge in [-0.05, 0) is 38.0 Å². The normalized spacial score (nSPS) is 20.1. The number of nitrogens with zero attached hydrogens (tertiary/aromatic N) is 1. The molecule has 0 aromatic heterocycles. The van der Waals surface area contributed by atoms with Crippen molar-refractivity contribution in [1.82, 2.24) is 4.90 Å². The number of halogens is 1. The lowest BCUT2D eigenvalue weighted by atomic mass is 10.1. The van der Waals surface area contributed by atoms with E-state index in [4.69, 9.17) is 5.73 Å². The van der Waals surface area contributed by atoms with Gasteiger partial charge in [-0.3, -0.25) is 4.79 Å². The topological polar surface area (TPSA) is 46.3 Å². The minimum Gasteiger partial charge on any atom is -0.398 e. The van der Waals surface area contributed by atoms with E-state index in [1.807, 2.05) is 11.0 Å². The highest BCUT2D eigenvalue weighted by molar-refractivity contribution is 9.10. The summed E-state index contributed by atoms with van der Waals surface area (Å²) in [6.07, 6.45) is 2.17. The highest BCUT2D eigenvalue weighted by Crippen LogP contribution is 2.24. The first-order valence-electron chi connectivity index (χ1n) is 5.45. The molecule has 1 aromatic rings. The molecule has 0 aliphatic carbocycles. The number of rotatable bonds is 1. The van der Waals surface area contributed by atoms with Gasteiger partial charge in [0.2, 0.25) is 0 Å². The van der Waals surface area contributed by atoms with E-state index in [0.29, 0.717) is 17.3 Å². The summed E-state index contributed by atoms with van der Waals surface area (Å²) < 4.78 is 0.886. The maximum Gasteiger partial charge on any atom is 0.256 e. The first-order valence-corrected chi connectivity index (χ1v) is 6.25. The van der Waals surface area contributed by atoms with Gasteiger partial charge in [0, 0.05) is 22.7 Å². The van der Waals surface area contributed by atoms with Crippen molar-refractivity contribution in [2.75, 3.05) is 12.3 Å². The Hall–Kier alpha value is -1.03. The van der Waals surface area contributed by atoms with Gasteiger partial charge in [0.1, 0.15) is 0 Å². The van der Waals surface area contributed by atoms with Crippen LogP contribution in [-0.4, -0.2) is 23.4 Å². The summed E-state index contributed by atoms with van der Waals surface area (Å²) in [5, 5.41) is 0. The number of benzene rings is 1. The first-order chi connectivity index (χ1) is 7.59. The molecule has 1 amide bonds. The van der Waals surface area contributed by atoms with E-state index in [9.17, 15) is 4.79 Å². The fraction of sp³-hybridized carbons (Fsp3) is 0.417. The molecule has 1 aliphatic rings. The Morgan fingerprint density at radius 2 is 2.31 bits per heavy atom. The molecule has 1 fully saturated rings. The number of nitrogen functional groups attached to an aromatic ring is 1. The van der Waals surface area contributed by atoms with Crippen molar-refractivity contribution in [3.05, 3.63) is 28.2 Å². The van der Waals surface area contributed by atoms with Gasteiger partial charge in [-0.15, -0.1) is 0 Å². The van der Waals surface area contributed by atoms with Crippen LogP contribution < -0.4 is 5.73 Å². The maximum absolute atomic E-state index is 12.3. The second-order valence-electron chi connectivity index (χ2n) is 4.22. The summed E-state index contributed by atoms with van der Waals surface area (Å²) in [6, 6.07) is 5.73. The summed E-state index contributed by atoms with van der Waals surface area (Å²) in [6.45, 7) is 2.92. The van der Waals surface area contributed by atoms with Gasteiger partial charge in [-0.25, -0.2) is 0 Å². The Balaban J connectivity index is 2.29. The van der Waals surface area contributed by atoms with E-state index in [1.165, 1.54) is 0 Å². The van der Waals surface area contributed by atoms with Crippen LogP contribution >= 0.6 is 15.9 Å². The predicted octanol–water partition coefficient (Wildman–Crippen LogP) is 2.66. The fourth-order valence-corrected chi connectivity index (χ4v) is 2.46. The summed E-state index contributed by atoms with van der Waals surface area (Å²) in [5.41, 5.74) is 6.98. The number of carbonyl (C=O) groups is 1. The van der Waals surface area contributed by atoms with E-state index < -0.39 is 0 Å². The van der Waals surface area contributed by atoms with Crippen LogP contribution in [0.1, 0.15) is 30.1 Å². The van der Waals surface area contributed by atoms with Crippen LogP contribution in [0, 0.1) is 0 Å². The van der Waals surface area contributed by atoms with Gasteiger partial charge < -0.3 is 10.6 Å². The van der Waals surface area contributed by atoms with Crippen molar-refractivity contribution in [3.63, 3.8) is 0 Å². The molecule has 3 nitrogen and oxygen atoms in total. The van der Waals surface area contributed by atoms with Crippen LogP contribution in [0.4, 0.5) is 5.69 Å². The third-order valence-electron chi connectivity index (χ3n) is 3.06. The minimum atomic E-state index is 0.0452. The SMILES string of the molecule is CC1CCCN1C(=O)c1cc(Br)ccc1N. The van der Waals surface area contributed by atoms with E-state index in [1.54, 1.807) is 12.1 Å². The lowest BCUT2D eigenvalue weighted by Gasteiger charge is -2.22. The Morgan fingerprint density at radius 3 is 2.94 bits per heavy atom. The lowest BCUT2D eigenvalue weighted by Crippen LogP contribution is -2.34. The number of nitrogens with two attached hydrogens (primary N) is 1. The number of hydrogen-bond donors (Lipinski definition) is 1. The Morgan fingerprint density at radius 1 is 1.56 bits per heavy atom. The van der Waals surface area contributed by atoms with Crippen molar-refractivity contribution in [2.24, 2.45) is 0 Å². The van der Waals surface area contributed by atoms with Crippen molar-refractivity contribution in [1.29, 1.82) is 0 Å². The second-order valence-corrected chi connectivity index (χ2v) is 5.14. The molecule has 0 radical (unpaired) electrons. The van der Waals surface area contributed by atoms with Crippen LogP contribution in [0.15, 0.2) is 22.7 Å². The van der Waals surface area contributed by atoms with E-state index in [0.717, 1.165) is 23.9 Å². The van der Waals surface area contributed by atoms with Crippen molar-refractivity contribution >= 4 is 27.5 Å². The molecule has 1 aromatic carbocycles. The summed E-state index contributed by atoms with van der Waals surface area (Å²) >= 11 is 3.36. The molecular formula is C12H15BrN2O. The second kappa shape index (κ2) is 4.45. The lowest BCUT2D eigenvalue weighted by molar-refractivity contribution is 0.0748. The molecule has 0 saturated carbocycles. The number of likely N-dealkylation sites (tertiary alicyclic amines) is 1. The number of amides is 1. The standard InChI is InChI=1S/C12H15BrN2O/c1-8-3-2-6-15(8)12(16)10-7-9(13)4-5-11(10)14/h4-5,7-8H,2-3,6,14H2,1H3. The fourth-order valence-electron chi connectivity index (χ4n) is 2.10. The van der Waals surface area contributed by atoms with Crippen LogP contribution in [0.2, 0.25) is 0 Å². The van der Waals surface area contributed by atoms with Gasteiger partial charge in [-0.1, -0.05) is 15.9 Å². The van der Waals surface area contributed by atoms with E-state index in [-0.39, 0.29) is 5.91 Å². The molecule has 1 unspecified atom stereocenters. The van der Waals surface area contributed by atoms with E-state index in [2.05, 4.69) is 22.9 Å². The van der Waals surface area contributed by atoms with Crippen LogP contribution in [0.3, 0.4) is 0 Å². The molecule has 16 heavy (non-hydrogen) atoms. The monoisotopic (exact) mass is 282 g/mol. The zero-order valence-electron chi connectivity index (χ0n) is 9.24. The summed E-state index contributed by atoms with van der Waals surface area (Å²) in [4.78, 5) is 14.2. The van der Waals surface area contributed by atoms with Gasteiger partial charge in [-0.2, -0.15) is 0 Å². The first kappa shape index (κ1) is 11.5. The molecular weight excluding hydrogens is 268 g/mol. The molecule has 86 valence electrons. The third kappa shape index (κ3) is 2.07. The van der Waals surface area contributed by atoms with Gasteiger partial charge in [0.25, 0.3) is 5.91 Å². The molecule has 0 bridgehead atoms. The average molecular weight is 283 g/mol. The molecule has 1 heterocycles. The Labute approximate surface area is 104 Å². The molecule has 1 atom stereocenters. The van der Waals surface area contributed by atoms with Gasteiger partial charge in [0.15, 0.2) is 0 Å². The maximum atomic E-state index is 12.3. The molecule has 1 saturated heterocycles. The van der Waals surface area contributed by atoms with Crippen LogP contribution in [0.5, 0.6) is 0 Å². The van der Waals surface area contributed by atoms with Crippen LogP contribution in [0.25, 0.3) is 0 Å². The smallest absolute Gasteiger partial charge is 0.256 e. The molecule has 2 rings (SSSR count). The van der Waals surface area contributed by atoms with Gasteiger partial charge in [0.05, 0.1) is 5.56 Å². The quantitative estimate of drug-likeness (QED) is 0.805. The third-order valence-corrected chi connectivity index (χ3v) is 3.55. The number of carbonyl (C=O) groups excluding carboxylic acids is 1.